The van der Waals surface area contributed by atoms with Crippen LogP contribution in [0.15, 0.2) is 53.9 Å². The molecule has 0 fully saturated rings. The number of ether oxygens (including phenoxy) is 1. The van der Waals surface area contributed by atoms with Crippen LogP contribution in [0.1, 0.15) is 0 Å². The normalized spacial score (nSPS) is 10.7. The van der Waals surface area contributed by atoms with Crippen LogP contribution in [0.2, 0.25) is 5.02 Å². The van der Waals surface area contributed by atoms with Crippen LogP contribution in [0.4, 0.5) is 5.69 Å². The van der Waals surface area contributed by atoms with Gasteiger partial charge in [-0.25, -0.2) is 0 Å². The third-order valence-corrected chi connectivity index (χ3v) is 4.82. The number of amides is 1. The molecule has 27 heavy (non-hydrogen) atoms. The number of halogens is 1. The molecule has 0 spiro atoms. The van der Waals surface area contributed by atoms with Gasteiger partial charge in [-0.2, -0.15) is 0 Å². The van der Waals surface area contributed by atoms with Crippen LogP contribution in [0.3, 0.4) is 0 Å². The van der Waals surface area contributed by atoms with Gasteiger partial charge in [0.1, 0.15) is 0 Å². The average molecular weight is 404 g/mol. The summed E-state index contributed by atoms with van der Waals surface area (Å²) in [4.78, 5) is 16.3. The van der Waals surface area contributed by atoms with E-state index < -0.39 is 0 Å². The van der Waals surface area contributed by atoms with Crippen LogP contribution in [-0.4, -0.2) is 45.1 Å². The number of benzene rings is 1. The number of hydrogen-bond donors (Lipinski definition) is 1. The Bertz CT molecular complexity index is 904. The van der Waals surface area contributed by atoms with Crippen molar-refractivity contribution in [2.24, 2.45) is 0 Å². The molecule has 1 aromatic carbocycles. The lowest BCUT2D eigenvalue weighted by Crippen LogP contribution is -2.15. The number of anilines is 1. The second-order valence-corrected chi connectivity index (χ2v) is 6.91. The summed E-state index contributed by atoms with van der Waals surface area (Å²) in [7, 11) is 1.64. The summed E-state index contributed by atoms with van der Waals surface area (Å²) in [6.07, 6.45) is 3.41. The van der Waals surface area contributed by atoms with E-state index in [4.69, 9.17) is 16.3 Å². The number of thioether (sulfide) groups is 1. The molecule has 0 aliphatic heterocycles. The fourth-order valence-corrected chi connectivity index (χ4v) is 3.34. The topological polar surface area (TPSA) is 81.9 Å². The first-order chi connectivity index (χ1) is 13.2. The van der Waals surface area contributed by atoms with Crippen molar-refractivity contribution < 1.29 is 9.53 Å². The van der Waals surface area contributed by atoms with Crippen LogP contribution in [0.25, 0.3) is 11.4 Å². The van der Waals surface area contributed by atoms with Crippen LogP contribution in [0.5, 0.6) is 0 Å². The highest BCUT2D eigenvalue weighted by Gasteiger charge is 2.15. The number of carbonyl (C=O) groups is 1. The van der Waals surface area contributed by atoms with E-state index in [-0.39, 0.29) is 11.7 Å². The van der Waals surface area contributed by atoms with E-state index in [1.54, 1.807) is 43.8 Å². The van der Waals surface area contributed by atoms with Crippen molar-refractivity contribution in [3.63, 3.8) is 0 Å². The van der Waals surface area contributed by atoms with Crippen LogP contribution < -0.4 is 5.32 Å². The predicted molar refractivity (Wildman–Crippen MR) is 106 cm³/mol. The average Bonchev–Trinajstić information content (AvgIpc) is 3.08. The van der Waals surface area contributed by atoms with E-state index in [0.29, 0.717) is 34.8 Å². The van der Waals surface area contributed by atoms with Crippen LogP contribution in [0, 0.1) is 0 Å². The Morgan fingerprint density at radius 3 is 2.81 bits per heavy atom. The Morgan fingerprint density at radius 1 is 1.26 bits per heavy atom. The molecule has 0 saturated carbocycles. The third-order valence-electron chi connectivity index (χ3n) is 3.62. The second kappa shape index (κ2) is 9.50. The number of rotatable bonds is 8. The first-order valence-electron chi connectivity index (χ1n) is 8.18. The van der Waals surface area contributed by atoms with Gasteiger partial charge in [-0.1, -0.05) is 29.4 Å². The van der Waals surface area contributed by atoms with Gasteiger partial charge in [0.2, 0.25) is 5.91 Å². The molecule has 0 aliphatic rings. The minimum Gasteiger partial charge on any atom is -0.383 e. The number of hydrogen-bond acceptors (Lipinski definition) is 6. The lowest BCUT2D eigenvalue weighted by molar-refractivity contribution is -0.113. The molecule has 1 N–H and O–H groups in total. The maximum Gasteiger partial charge on any atom is 0.234 e. The summed E-state index contributed by atoms with van der Waals surface area (Å²) < 4.78 is 7.13. The number of methoxy groups -OCH3 is 1. The van der Waals surface area contributed by atoms with Gasteiger partial charge in [0.15, 0.2) is 11.0 Å². The van der Waals surface area contributed by atoms with E-state index in [0.717, 1.165) is 5.56 Å². The molecule has 140 valence electrons. The van der Waals surface area contributed by atoms with Gasteiger partial charge in [-0.3, -0.25) is 14.3 Å². The van der Waals surface area contributed by atoms with Crippen molar-refractivity contribution in [3.05, 3.63) is 53.8 Å². The van der Waals surface area contributed by atoms with Gasteiger partial charge in [0.25, 0.3) is 0 Å². The fourth-order valence-electron chi connectivity index (χ4n) is 2.39. The Kier molecular flexibility index (Phi) is 6.80. The molecule has 0 saturated heterocycles. The van der Waals surface area contributed by atoms with Gasteiger partial charge in [-0.05, 0) is 30.3 Å². The number of pyridine rings is 1. The number of carbonyl (C=O) groups excluding carboxylic acids is 1. The highest BCUT2D eigenvalue weighted by atomic mass is 35.5. The number of nitrogens with one attached hydrogen (secondary N) is 1. The smallest absolute Gasteiger partial charge is 0.234 e. The molecule has 0 radical (unpaired) electrons. The van der Waals surface area contributed by atoms with Gasteiger partial charge in [0.05, 0.1) is 18.9 Å². The molecule has 9 heteroatoms. The molecule has 0 atom stereocenters. The molecular weight excluding hydrogens is 386 g/mol. The summed E-state index contributed by atoms with van der Waals surface area (Å²) in [5.41, 5.74) is 1.57. The van der Waals surface area contributed by atoms with Crippen molar-refractivity contribution in [1.29, 1.82) is 0 Å². The number of aromatic nitrogens is 4. The van der Waals surface area contributed by atoms with E-state index in [2.05, 4.69) is 20.5 Å². The highest BCUT2D eigenvalue weighted by molar-refractivity contribution is 7.99. The highest BCUT2D eigenvalue weighted by Crippen LogP contribution is 2.24. The molecule has 2 heterocycles. The van der Waals surface area contributed by atoms with Crippen molar-refractivity contribution in [1.82, 2.24) is 19.7 Å². The maximum atomic E-state index is 12.2. The van der Waals surface area contributed by atoms with E-state index in [1.807, 2.05) is 16.7 Å². The molecule has 0 aliphatic carbocycles. The fraction of sp³-hybridized carbons (Fsp3) is 0.222. The minimum atomic E-state index is -0.144. The zero-order valence-corrected chi connectivity index (χ0v) is 16.2. The van der Waals surface area contributed by atoms with E-state index in [9.17, 15) is 4.79 Å². The Hall–Kier alpha value is -2.42. The summed E-state index contributed by atoms with van der Waals surface area (Å²) in [6, 6.07) is 10.8. The summed E-state index contributed by atoms with van der Waals surface area (Å²) in [5, 5.41) is 12.6. The lowest BCUT2D eigenvalue weighted by Gasteiger charge is -2.10. The zero-order valence-electron chi connectivity index (χ0n) is 14.6. The van der Waals surface area contributed by atoms with E-state index >= 15 is 0 Å². The van der Waals surface area contributed by atoms with Gasteiger partial charge in [0, 0.05) is 35.8 Å². The first kappa shape index (κ1) is 19.3. The summed E-state index contributed by atoms with van der Waals surface area (Å²) in [6.45, 7) is 1.10. The standard InChI is InChI=1S/C18H18ClN5O2S/c1-26-10-9-24-17(13-5-7-20-8-6-13)22-23-18(24)27-12-16(25)21-15-4-2-3-14(19)11-15/h2-8,11H,9-10,12H2,1H3,(H,21,25). The Morgan fingerprint density at radius 2 is 2.07 bits per heavy atom. The molecular formula is C18H18ClN5O2S. The van der Waals surface area contributed by atoms with Gasteiger partial charge < -0.3 is 10.1 Å². The maximum absolute atomic E-state index is 12.2. The summed E-state index contributed by atoms with van der Waals surface area (Å²) >= 11 is 7.25. The molecule has 1 amide bonds. The summed E-state index contributed by atoms with van der Waals surface area (Å²) in [5.74, 6) is 0.773. The van der Waals surface area contributed by atoms with Crippen LogP contribution >= 0.6 is 23.4 Å². The first-order valence-corrected chi connectivity index (χ1v) is 9.54. The molecule has 2 aromatic heterocycles. The van der Waals surface area contributed by atoms with Crippen molar-refractivity contribution in [2.45, 2.75) is 11.7 Å². The van der Waals surface area contributed by atoms with Crippen molar-refractivity contribution in [2.75, 3.05) is 24.8 Å². The zero-order chi connectivity index (χ0) is 19.1. The molecule has 7 nitrogen and oxygen atoms in total. The third kappa shape index (κ3) is 5.29. The van der Waals surface area contributed by atoms with Crippen molar-refractivity contribution in [3.8, 4) is 11.4 Å². The predicted octanol–water partition coefficient (Wildman–Crippen LogP) is 3.37. The Labute approximate surface area is 166 Å². The van der Waals surface area contributed by atoms with Crippen LogP contribution in [-0.2, 0) is 16.1 Å². The molecule has 0 bridgehead atoms. The van der Waals surface area contributed by atoms with Gasteiger partial charge >= 0.3 is 0 Å². The molecule has 3 rings (SSSR count). The Balaban J connectivity index is 1.70. The minimum absolute atomic E-state index is 0.144. The van der Waals surface area contributed by atoms with Crippen molar-refractivity contribution >= 4 is 35.0 Å². The van der Waals surface area contributed by atoms with E-state index in [1.165, 1.54) is 11.8 Å². The second-order valence-electron chi connectivity index (χ2n) is 5.53. The monoisotopic (exact) mass is 403 g/mol. The number of nitrogens with zero attached hydrogens (tertiary/aromatic N) is 4. The molecule has 3 aromatic rings. The quantitative estimate of drug-likeness (QED) is 0.581. The largest absolute Gasteiger partial charge is 0.383 e. The molecule has 0 unspecified atom stereocenters. The lowest BCUT2D eigenvalue weighted by atomic mass is 10.2. The SMILES string of the molecule is COCCn1c(SCC(=O)Nc2cccc(Cl)c2)nnc1-c1ccncc1. The van der Waals surface area contributed by atoms with Gasteiger partial charge in [-0.15, -0.1) is 10.2 Å².